The van der Waals surface area contributed by atoms with Crippen molar-refractivity contribution < 1.29 is 23.8 Å². The van der Waals surface area contributed by atoms with Crippen LogP contribution < -0.4 is 19.5 Å². The summed E-state index contributed by atoms with van der Waals surface area (Å²) in [5.41, 5.74) is 1.26. The standard InChI is InChI=1S/C21H21ClN2O5/c1-27-17-7-5-14(22)10-15(17)21(26)24-8-2-3-16(24)20(25)23-11-13-4-6-18-19(9-13)29-12-28-18/h4-7,9-10,16H,2-3,8,11-12H2,1H3,(H,23,25). The molecule has 1 N–H and O–H groups in total. The summed E-state index contributed by atoms with van der Waals surface area (Å²) in [6.45, 7) is 1.06. The summed E-state index contributed by atoms with van der Waals surface area (Å²) < 4.78 is 16.0. The summed E-state index contributed by atoms with van der Waals surface area (Å²) in [5.74, 6) is 1.36. The third-order valence-corrected chi connectivity index (χ3v) is 5.35. The minimum Gasteiger partial charge on any atom is -0.496 e. The molecule has 2 aliphatic heterocycles. The van der Waals surface area contributed by atoms with Gasteiger partial charge in [-0.2, -0.15) is 0 Å². The molecule has 2 amide bonds. The number of halogens is 1. The zero-order chi connectivity index (χ0) is 20.4. The topological polar surface area (TPSA) is 77.1 Å². The first-order valence-corrected chi connectivity index (χ1v) is 9.75. The zero-order valence-corrected chi connectivity index (χ0v) is 16.7. The van der Waals surface area contributed by atoms with E-state index in [-0.39, 0.29) is 18.6 Å². The maximum Gasteiger partial charge on any atom is 0.258 e. The number of hydrogen-bond acceptors (Lipinski definition) is 5. The number of carbonyl (C=O) groups is 2. The van der Waals surface area contributed by atoms with E-state index >= 15 is 0 Å². The maximum atomic E-state index is 13.1. The highest BCUT2D eigenvalue weighted by Gasteiger charge is 2.35. The average molecular weight is 417 g/mol. The second-order valence-corrected chi connectivity index (χ2v) is 7.34. The number of fused-ring (bicyclic) bond motifs is 1. The number of nitrogens with zero attached hydrogens (tertiary/aromatic N) is 1. The molecule has 0 radical (unpaired) electrons. The number of benzene rings is 2. The zero-order valence-electron chi connectivity index (χ0n) is 15.9. The number of methoxy groups -OCH3 is 1. The molecule has 4 rings (SSSR count). The molecule has 0 aliphatic carbocycles. The van der Waals surface area contributed by atoms with Crippen molar-refractivity contribution in [3.8, 4) is 17.2 Å². The van der Waals surface area contributed by atoms with Gasteiger partial charge in [-0.25, -0.2) is 0 Å². The molecule has 152 valence electrons. The first-order valence-electron chi connectivity index (χ1n) is 9.37. The summed E-state index contributed by atoms with van der Waals surface area (Å²) in [5, 5.41) is 3.36. The lowest BCUT2D eigenvalue weighted by Gasteiger charge is -2.25. The van der Waals surface area contributed by atoms with E-state index in [9.17, 15) is 9.59 Å². The number of ether oxygens (including phenoxy) is 3. The number of likely N-dealkylation sites (tertiary alicyclic amines) is 1. The van der Waals surface area contributed by atoms with E-state index in [2.05, 4.69) is 5.32 Å². The highest BCUT2D eigenvalue weighted by atomic mass is 35.5. The SMILES string of the molecule is COc1ccc(Cl)cc1C(=O)N1CCCC1C(=O)NCc1ccc2c(c1)OCO2. The predicted molar refractivity (Wildman–Crippen MR) is 106 cm³/mol. The molecule has 29 heavy (non-hydrogen) atoms. The van der Waals surface area contributed by atoms with Gasteiger partial charge in [-0.15, -0.1) is 0 Å². The van der Waals surface area contributed by atoms with E-state index in [1.165, 1.54) is 7.11 Å². The van der Waals surface area contributed by atoms with Crippen LogP contribution in [0.4, 0.5) is 0 Å². The second kappa shape index (κ2) is 8.21. The van der Waals surface area contributed by atoms with Gasteiger partial charge in [-0.3, -0.25) is 9.59 Å². The maximum absolute atomic E-state index is 13.1. The molecular weight excluding hydrogens is 396 g/mol. The molecule has 0 bridgehead atoms. The van der Waals surface area contributed by atoms with Gasteiger partial charge in [0.25, 0.3) is 5.91 Å². The third kappa shape index (κ3) is 3.96. The highest BCUT2D eigenvalue weighted by molar-refractivity contribution is 6.31. The molecule has 2 aromatic carbocycles. The van der Waals surface area contributed by atoms with Crippen molar-refractivity contribution in [2.75, 3.05) is 20.4 Å². The molecule has 1 fully saturated rings. The monoisotopic (exact) mass is 416 g/mol. The van der Waals surface area contributed by atoms with E-state index < -0.39 is 6.04 Å². The van der Waals surface area contributed by atoms with Crippen molar-refractivity contribution in [1.82, 2.24) is 10.2 Å². The van der Waals surface area contributed by atoms with Crippen LogP contribution in [0.25, 0.3) is 0 Å². The summed E-state index contributed by atoms with van der Waals surface area (Å²) in [7, 11) is 1.50. The first kappa shape index (κ1) is 19.4. The van der Waals surface area contributed by atoms with Gasteiger partial charge < -0.3 is 24.4 Å². The van der Waals surface area contributed by atoms with Gasteiger partial charge in [-0.1, -0.05) is 17.7 Å². The predicted octanol–water partition coefficient (Wildman–Crippen LogP) is 3.00. The molecular formula is C21H21ClN2O5. The Hall–Kier alpha value is -2.93. The molecule has 1 unspecified atom stereocenters. The van der Waals surface area contributed by atoms with Gasteiger partial charge in [0.15, 0.2) is 11.5 Å². The van der Waals surface area contributed by atoms with Crippen LogP contribution in [0.5, 0.6) is 17.2 Å². The fraction of sp³-hybridized carbons (Fsp3) is 0.333. The Labute approximate surface area is 173 Å². The Morgan fingerprint density at radius 2 is 2.03 bits per heavy atom. The highest BCUT2D eigenvalue weighted by Crippen LogP contribution is 2.32. The fourth-order valence-electron chi connectivity index (χ4n) is 3.64. The lowest BCUT2D eigenvalue weighted by Crippen LogP contribution is -2.45. The van der Waals surface area contributed by atoms with Gasteiger partial charge in [0.2, 0.25) is 12.7 Å². The minimum absolute atomic E-state index is 0.186. The Kier molecular flexibility index (Phi) is 5.49. The van der Waals surface area contributed by atoms with Crippen LogP contribution in [-0.4, -0.2) is 43.2 Å². The first-order chi connectivity index (χ1) is 14.1. The van der Waals surface area contributed by atoms with Crippen molar-refractivity contribution in [3.05, 3.63) is 52.5 Å². The van der Waals surface area contributed by atoms with Crippen LogP contribution in [-0.2, 0) is 11.3 Å². The van der Waals surface area contributed by atoms with E-state index in [0.29, 0.717) is 47.3 Å². The number of hydrogen-bond donors (Lipinski definition) is 1. The molecule has 2 aromatic rings. The van der Waals surface area contributed by atoms with Crippen LogP contribution in [0.15, 0.2) is 36.4 Å². The molecule has 1 atom stereocenters. The normalized spacial score (nSPS) is 17.3. The molecule has 0 aromatic heterocycles. The Balaban J connectivity index is 1.44. The van der Waals surface area contributed by atoms with Crippen molar-refractivity contribution in [2.45, 2.75) is 25.4 Å². The number of amides is 2. The van der Waals surface area contributed by atoms with Gasteiger partial charge in [0.05, 0.1) is 12.7 Å². The summed E-state index contributed by atoms with van der Waals surface area (Å²) in [4.78, 5) is 27.5. The summed E-state index contributed by atoms with van der Waals surface area (Å²) in [6, 6.07) is 9.90. The van der Waals surface area contributed by atoms with Crippen LogP contribution in [0.3, 0.4) is 0 Å². The lowest BCUT2D eigenvalue weighted by molar-refractivity contribution is -0.125. The average Bonchev–Trinajstić information content (AvgIpc) is 3.40. The van der Waals surface area contributed by atoms with Crippen molar-refractivity contribution in [2.24, 2.45) is 0 Å². The number of rotatable bonds is 5. The lowest BCUT2D eigenvalue weighted by atomic mass is 10.1. The molecule has 2 aliphatic rings. The second-order valence-electron chi connectivity index (χ2n) is 6.91. The van der Waals surface area contributed by atoms with Crippen molar-refractivity contribution in [3.63, 3.8) is 0 Å². The van der Waals surface area contributed by atoms with E-state index in [4.69, 9.17) is 25.8 Å². The number of carbonyl (C=O) groups excluding carboxylic acids is 2. The molecule has 2 heterocycles. The van der Waals surface area contributed by atoms with E-state index in [1.54, 1.807) is 23.1 Å². The van der Waals surface area contributed by atoms with Gasteiger partial charge in [-0.05, 0) is 48.7 Å². The molecule has 0 spiro atoms. The molecule has 8 heteroatoms. The largest absolute Gasteiger partial charge is 0.496 e. The molecule has 7 nitrogen and oxygen atoms in total. The van der Waals surface area contributed by atoms with Crippen LogP contribution in [0.2, 0.25) is 5.02 Å². The molecule has 1 saturated heterocycles. The van der Waals surface area contributed by atoms with Gasteiger partial charge in [0.1, 0.15) is 11.8 Å². The van der Waals surface area contributed by atoms with Gasteiger partial charge in [0, 0.05) is 18.1 Å². The number of nitrogens with one attached hydrogen (secondary N) is 1. The van der Waals surface area contributed by atoms with Crippen LogP contribution in [0.1, 0.15) is 28.8 Å². The fourth-order valence-corrected chi connectivity index (χ4v) is 3.81. The van der Waals surface area contributed by atoms with Crippen LogP contribution in [0, 0.1) is 0 Å². The summed E-state index contributed by atoms with van der Waals surface area (Å²) >= 11 is 6.06. The Bertz CT molecular complexity index is 949. The quantitative estimate of drug-likeness (QED) is 0.810. The third-order valence-electron chi connectivity index (χ3n) is 5.11. The minimum atomic E-state index is -0.528. The Morgan fingerprint density at radius 1 is 1.21 bits per heavy atom. The van der Waals surface area contributed by atoms with E-state index in [1.807, 2.05) is 18.2 Å². The van der Waals surface area contributed by atoms with Crippen molar-refractivity contribution in [1.29, 1.82) is 0 Å². The Morgan fingerprint density at radius 3 is 2.86 bits per heavy atom. The summed E-state index contributed by atoms with van der Waals surface area (Å²) in [6.07, 6.45) is 1.37. The molecule has 0 saturated carbocycles. The van der Waals surface area contributed by atoms with Crippen LogP contribution >= 0.6 is 11.6 Å². The van der Waals surface area contributed by atoms with Crippen molar-refractivity contribution >= 4 is 23.4 Å². The van der Waals surface area contributed by atoms with Gasteiger partial charge >= 0.3 is 0 Å². The van der Waals surface area contributed by atoms with E-state index in [0.717, 1.165) is 12.0 Å². The smallest absolute Gasteiger partial charge is 0.258 e.